The van der Waals surface area contributed by atoms with Gasteiger partial charge in [-0.25, -0.2) is 4.68 Å². The van der Waals surface area contributed by atoms with E-state index in [4.69, 9.17) is 0 Å². The highest BCUT2D eigenvalue weighted by atomic mass is 79.9. The van der Waals surface area contributed by atoms with Gasteiger partial charge in [0.05, 0.1) is 24.3 Å². The van der Waals surface area contributed by atoms with Crippen LogP contribution in [0, 0.1) is 13.8 Å². The number of nitrogens with zero attached hydrogens (tertiary/aromatic N) is 3. The zero-order valence-electron chi connectivity index (χ0n) is 14.5. The molecule has 0 spiro atoms. The van der Waals surface area contributed by atoms with E-state index in [1.807, 2.05) is 61.3 Å². The Morgan fingerprint density at radius 1 is 1.28 bits per heavy atom. The second-order valence-corrected chi connectivity index (χ2v) is 7.97. The number of rotatable bonds is 5. The van der Waals surface area contributed by atoms with Gasteiger partial charge in [-0.3, -0.25) is 4.79 Å². The number of benzene rings is 1. The van der Waals surface area contributed by atoms with E-state index in [2.05, 4.69) is 27.1 Å². The maximum atomic E-state index is 12.7. The standard InChI is InChI=1S/C19H20BrN3OS/c1-13-18(14(2)23(21-13)16-7-5-4-6-8-16)10-19(24)22(3)11-17-9-15(20)12-25-17/h4-9,12H,10-11H2,1-3H3. The molecule has 0 atom stereocenters. The van der Waals surface area contributed by atoms with Crippen LogP contribution in [0.1, 0.15) is 21.8 Å². The predicted molar refractivity (Wildman–Crippen MR) is 105 cm³/mol. The van der Waals surface area contributed by atoms with Crippen molar-refractivity contribution in [1.29, 1.82) is 0 Å². The van der Waals surface area contributed by atoms with Crippen LogP contribution in [0.4, 0.5) is 0 Å². The molecule has 0 aliphatic heterocycles. The normalized spacial score (nSPS) is 10.9. The first-order valence-electron chi connectivity index (χ1n) is 8.03. The minimum Gasteiger partial charge on any atom is -0.340 e. The van der Waals surface area contributed by atoms with Crippen molar-refractivity contribution in [1.82, 2.24) is 14.7 Å². The van der Waals surface area contributed by atoms with Crippen LogP contribution < -0.4 is 0 Å². The lowest BCUT2D eigenvalue weighted by atomic mass is 10.1. The summed E-state index contributed by atoms with van der Waals surface area (Å²) in [6.45, 7) is 4.61. The number of amides is 1. The third kappa shape index (κ3) is 4.02. The van der Waals surface area contributed by atoms with Crippen molar-refractivity contribution in [3.05, 3.63) is 68.1 Å². The maximum absolute atomic E-state index is 12.7. The van der Waals surface area contributed by atoms with Crippen molar-refractivity contribution in [2.24, 2.45) is 0 Å². The minimum atomic E-state index is 0.100. The van der Waals surface area contributed by atoms with Gasteiger partial charge in [-0.05, 0) is 48.0 Å². The first-order valence-corrected chi connectivity index (χ1v) is 9.70. The molecule has 4 nitrogen and oxygen atoms in total. The zero-order chi connectivity index (χ0) is 18.0. The lowest BCUT2D eigenvalue weighted by molar-refractivity contribution is -0.129. The number of likely N-dealkylation sites (N-methyl/N-ethyl adjacent to an activating group) is 1. The van der Waals surface area contributed by atoms with Gasteiger partial charge >= 0.3 is 0 Å². The number of carbonyl (C=O) groups is 1. The Kier molecular flexibility index (Phi) is 5.39. The van der Waals surface area contributed by atoms with Crippen LogP contribution >= 0.6 is 27.3 Å². The first-order chi connectivity index (χ1) is 12.0. The van der Waals surface area contributed by atoms with E-state index in [9.17, 15) is 4.79 Å². The summed E-state index contributed by atoms with van der Waals surface area (Å²) in [6, 6.07) is 12.1. The van der Waals surface area contributed by atoms with E-state index in [0.29, 0.717) is 13.0 Å². The summed E-state index contributed by atoms with van der Waals surface area (Å²) in [7, 11) is 1.85. The Bertz CT molecular complexity index is 885. The van der Waals surface area contributed by atoms with Crippen LogP contribution in [0.15, 0.2) is 46.3 Å². The molecule has 0 saturated carbocycles. The average Bonchev–Trinajstić information content (AvgIpc) is 3.13. The summed E-state index contributed by atoms with van der Waals surface area (Å²) >= 11 is 5.10. The van der Waals surface area contributed by atoms with E-state index in [-0.39, 0.29) is 5.91 Å². The SMILES string of the molecule is Cc1nn(-c2ccccc2)c(C)c1CC(=O)N(C)Cc1cc(Br)cs1. The van der Waals surface area contributed by atoms with Crippen LogP contribution in [-0.2, 0) is 17.8 Å². The quantitative estimate of drug-likeness (QED) is 0.611. The molecule has 1 aromatic carbocycles. The lowest BCUT2D eigenvalue weighted by Crippen LogP contribution is -2.27. The Morgan fingerprint density at radius 3 is 2.64 bits per heavy atom. The molecular weight excluding hydrogens is 398 g/mol. The van der Waals surface area contributed by atoms with Crippen LogP contribution in [0.5, 0.6) is 0 Å². The summed E-state index contributed by atoms with van der Waals surface area (Å²) < 4.78 is 2.97. The van der Waals surface area contributed by atoms with Crippen molar-refractivity contribution < 1.29 is 4.79 Å². The fourth-order valence-electron chi connectivity index (χ4n) is 2.80. The number of para-hydroxylation sites is 1. The van der Waals surface area contributed by atoms with Crippen molar-refractivity contribution in [2.75, 3.05) is 7.05 Å². The Balaban J connectivity index is 1.76. The molecule has 0 aliphatic rings. The first kappa shape index (κ1) is 17.9. The Hall–Kier alpha value is -1.92. The number of thiophene rings is 1. The lowest BCUT2D eigenvalue weighted by Gasteiger charge is -2.16. The predicted octanol–water partition coefficient (Wildman–Crippen LogP) is 4.51. The fourth-order valence-corrected chi connectivity index (χ4v) is 4.30. The highest BCUT2D eigenvalue weighted by molar-refractivity contribution is 9.10. The van der Waals surface area contributed by atoms with E-state index >= 15 is 0 Å². The number of aromatic nitrogens is 2. The summed E-state index contributed by atoms with van der Waals surface area (Å²) in [5.41, 5.74) is 3.94. The third-order valence-electron chi connectivity index (χ3n) is 4.21. The minimum absolute atomic E-state index is 0.100. The number of aryl methyl sites for hydroxylation is 1. The summed E-state index contributed by atoms with van der Waals surface area (Å²) in [5.74, 6) is 0.100. The summed E-state index contributed by atoms with van der Waals surface area (Å²) in [4.78, 5) is 15.6. The number of hydrogen-bond acceptors (Lipinski definition) is 3. The summed E-state index contributed by atoms with van der Waals surface area (Å²) in [6.07, 6.45) is 0.369. The van der Waals surface area contributed by atoms with Gasteiger partial charge in [0.25, 0.3) is 0 Å². The van der Waals surface area contributed by atoms with E-state index in [1.165, 1.54) is 0 Å². The molecule has 0 N–H and O–H groups in total. The molecule has 2 heterocycles. The van der Waals surface area contributed by atoms with Gasteiger partial charge in [-0.1, -0.05) is 18.2 Å². The van der Waals surface area contributed by atoms with E-state index in [1.54, 1.807) is 16.2 Å². The molecule has 0 bridgehead atoms. The van der Waals surface area contributed by atoms with Crippen molar-refractivity contribution in [3.63, 3.8) is 0 Å². The van der Waals surface area contributed by atoms with Gasteiger partial charge < -0.3 is 4.90 Å². The largest absolute Gasteiger partial charge is 0.340 e. The third-order valence-corrected chi connectivity index (χ3v) is 5.89. The smallest absolute Gasteiger partial charge is 0.227 e. The molecule has 0 fully saturated rings. The highest BCUT2D eigenvalue weighted by Crippen LogP contribution is 2.22. The van der Waals surface area contributed by atoms with Gasteiger partial charge in [0.15, 0.2) is 0 Å². The molecular formula is C19H20BrN3OS. The van der Waals surface area contributed by atoms with Crippen molar-refractivity contribution in [3.8, 4) is 5.69 Å². The molecule has 0 unspecified atom stereocenters. The maximum Gasteiger partial charge on any atom is 0.227 e. The van der Waals surface area contributed by atoms with Crippen LogP contribution in [0.3, 0.4) is 0 Å². The topological polar surface area (TPSA) is 38.1 Å². The molecule has 0 saturated heterocycles. The molecule has 3 aromatic rings. The monoisotopic (exact) mass is 417 g/mol. The molecule has 25 heavy (non-hydrogen) atoms. The number of hydrogen-bond donors (Lipinski definition) is 0. The number of halogens is 1. The van der Waals surface area contributed by atoms with E-state index in [0.717, 1.165) is 32.0 Å². The molecule has 0 radical (unpaired) electrons. The van der Waals surface area contributed by atoms with Crippen molar-refractivity contribution in [2.45, 2.75) is 26.8 Å². The Morgan fingerprint density at radius 2 is 2.00 bits per heavy atom. The molecule has 6 heteroatoms. The molecule has 3 rings (SSSR count). The van der Waals surface area contributed by atoms with E-state index < -0.39 is 0 Å². The Labute approximate surface area is 160 Å². The van der Waals surface area contributed by atoms with Gasteiger partial charge in [-0.2, -0.15) is 5.10 Å². The molecule has 0 aliphatic carbocycles. The zero-order valence-corrected chi connectivity index (χ0v) is 16.9. The van der Waals surface area contributed by atoms with Gasteiger partial charge in [0, 0.05) is 33.0 Å². The van der Waals surface area contributed by atoms with Crippen LogP contribution in [0.2, 0.25) is 0 Å². The van der Waals surface area contributed by atoms with Gasteiger partial charge in [-0.15, -0.1) is 11.3 Å². The molecule has 1 amide bonds. The summed E-state index contributed by atoms with van der Waals surface area (Å²) in [5, 5.41) is 6.66. The van der Waals surface area contributed by atoms with Crippen LogP contribution in [-0.4, -0.2) is 27.6 Å². The second-order valence-electron chi connectivity index (χ2n) is 6.05. The average molecular weight is 418 g/mol. The van der Waals surface area contributed by atoms with Crippen LogP contribution in [0.25, 0.3) is 5.69 Å². The molecule has 2 aromatic heterocycles. The number of carbonyl (C=O) groups excluding carboxylic acids is 1. The highest BCUT2D eigenvalue weighted by Gasteiger charge is 2.18. The van der Waals surface area contributed by atoms with Gasteiger partial charge in [0.1, 0.15) is 0 Å². The second kappa shape index (κ2) is 7.54. The molecule has 130 valence electrons. The van der Waals surface area contributed by atoms with Crippen molar-refractivity contribution >= 4 is 33.2 Å². The fraction of sp³-hybridized carbons (Fsp3) is 0.263. The van der Waals surface area contributed by atoms with Gasteiger partial charge in [0.2, 0.25) is 5.91 Å².